The first-order valence-corrected chi connectivity index (χ1v) is 7.62. The van der Waals surface area contributed by atoms with Gasteiger partial charge in [-0.1, -0.05) is 37.3 Å². The summed E-state index contributed by atoms with van der Waals surface area (Å²) in [4.78, 5) is 0. The van der Waals surface area contributed by atoms with Crippen LogP contribution < -0.4 is 15.8 Å². The van der Waals surface area contributed by atoms with Crippen LogP contribution in [0.25, 0.3) is 0 Å². The second-order valence-corrected chi connectivity index (χ2v) is 5.55. The molecule has 0 aliphatic heterocycles. The molecule has 3 rings (SSSR count). The summed E-state index contributed by atoms with van der Waals surface area (Å²) in [5.41, 5.74) is 10.8. The van der Waals surface area contributed by atoms with Gasteiger partial charge in [0.15, 0.2) is 0 Å². The van der Waals surface area contributed by atoms with Crippen molar-refractivity contribution in [3.05, 3.63) is 53.6 Å². The van der Waals surface area contributed by atoms with Crippen molar-refractivity contribution in [3.8, 4) is 5.75 Å². The number of rotatable bonds is 6. The molecular formula is C18H22N2O. The predicted molar refractivity (Wildman–Crippen MR) is 88.0 cm³/mol. The summed E-state index contributed by atoms with van der Waals surface area (Å²) < 4.78 is 5.66. The number of hydrogen-bond donors (Lipinski definition) is 2. The van der Waals surface area contributed by atoms with Crippen LogP contribution in [0.4, 0.5) is 11.4 Å². The monoisotopic (exact) mass is 282 g/mol. The van der Waals surface area contributed by atoms with Crippen LogP contribution in [0.2, 0.25) is 0 Å². The van der Waals surface area contributed by atoms with Crippen LogP contribution in [-0.4, -0.2) is 13.2 Å². The number of nitrogens with one attached hydrogen (secondary N) is 1. The van der Waals surface area contributed by atoms with E-state index >= 15 is 0 Å². The molecule has 0 bridgehead atoms. The van der Waals surface area contributed by atoms with Crippen LogP contribution in [0.1, 0.15) is 30.4 Å². The minimum Gasteiger partial charge on any atom is -0.491 e. The van der Waals surface area contributed by atoms with Gasteiger partial charge in [-0.15, -0.1) is 0 Å². The van der Waals surface area contributed by atoms with E-state index in [1.165, 1.54) is 11.1 Å². The largest absolute Gasteiger partial charge is 0.491 e. The molecule has 1 atom stereocenters. The summed E-state index contributed by atoms with van der Waals surface area (Å²) in [6.07, 6.45) is 2.13. The maximum atomic E-state index is 6.18. The molecule has 1 aliphatic carbocycles. The zero-order chi connectivity index (χ0) is 14.7. The zero-order valence-electron chi connectivity index (χ0n) is 12.4. The number of nitrogen functional groups attached to an aromatic ring is 1. The van der Waals surface area contributed by atoms with Gasteiger partial charge in [-0.25, -0.2) is 0 Å². The van der Waals surface area contributed by atoms with E-state index in [0.717, 1.165) is 30.8 Å². The number of benzene rings is 2. The summed E-state index contributed by atoms with van der Waals surface area (Å²) >= 11 is 0. The summed E-state index contributed by atoms with van der Waals surface area (Å²) in [5, 5.41) is 3.47. The molecule has 1 aliphatic rings. The number of fused-ring (bicyclic) bond motifs is 1. The van der Waals surface area contributed by atoms with Gasteiger partial charge in [0.25, 0.3) is 0 Å². The minimum atomic E-state index is 0.584. The van der Waals surface area contributed by atoms with E-state index in [-0.39, 0.29) is 0 Å². The maximum absolute atomic E-state index is 6.18. The molecule has 2 aromatic carbocycles. The highest BCUT2D eigenvalue weighted by Gasteiger charge is 2.25. The van der Waals surface area contributed by atoms with Crippen molar-refractivity contribution in [2.75, 3.05) is 24.2 Å². The molecule has 3 N–H and O–H groups in total. The van der Waals surface area contributed by atoms with Crippen molar-refractivity contribution < 1.29 is 4.74 Å². The molecule has 0 aromatic heterocycles. The second-order valence-electron chi connectivity index (χ2n) is 5.55. The minimum absolute atomic E-state index is 0.584. The Morgan fingerprint density at radius 3 is 2.86 bits per heavy atom. The van der Waals surface area contributed by atoms with Gasteiger partial charge >= 0.3 is 0 Å². The topological polar surface area (TPSA) is 47.3 Å². The normalized spacial score (nSPS) is 16.0. The first-order valence-electron chi connectivity index (χ1n) is 7.62. The number of ether oxygens (including phenoxy) is 1. The number of para-hydroxylation sites is 1. The predicted octanol–water partition coefficient (Wildman–Crippen LogP) is 3.81. The Balaban J connectivity index is 1.64. The van der Waals surface area contributed by atoms with Gasteiger partial charge in [0, 0.05) is 12.5 Å². The summed E-state index contributed by atoms with van der Waals surface area (Å²) in [6, 6.07) is 14.6. The van der Waals surface area contributed by atoms with E-state index in [1.807, 2.05) is 18.2 Å². The Morgan fingerprint density at radius 2 is 2.05 bits per heavy atom. The molecule has 0 saturated carbocycles. The Kier molecular flexibility index (Phi) is 4.00. The van der Waals surface area contributed by atoms with Crippen LogP contribution in [0.3, 0.4) is 0 Å². The fourth-order valence-corrected chi connectivity index (χ4v) is 2.81. The quantitative estimate of drug-likeness (QED) is 0.792. The maximum Gasteiger partial charge on any atom is 0.144 e. The molecule has 0 fully saturated rings. The lowest BCUT2D eigenvalue weighted by atomic mass is 9.77. The lowest BCUT2D eigenvalue weighted by Crippen LogP contribution is -2.24. The molecular weight excluding hydrogens is 260 g/mol. The Morgan fingerprint density at radius 1 is 1.19 bits per heavy atom. The van der Waals surface area contributed by atoms with E-state index < -0.39 is 0 Å². The van der Waals surface area contributed by atoms with Crippen LogP contribution in [0, 0.1) is 0 Å². The van der Waals surface area contributed by atoms with Crippen LogP contribution in [0.5, 0.6) is 5.75 Å². The van der Waals surface area contributed by atoms with Gasteiger partial charge in [0.2, 0.25) is 0 Å². The van der Waals surface area contributed by atoms with Crippen LogP contribution in [0.15, 0.2) is 42.5 Å². The molecule has 3 nitrogen and oxygen atoms in total. The highest BCUT2D eigenvalue weighted by molar-refractivity contribution is 5.73. The average Bonchev–Trinajstić information content (AvgIpc) is 2.48. The van der Waals surface area contributed by atoms with Gasteiger partial charge in [-0.05, 0) is 36.1 Å². The Bertz CT molecular complexity index is 624. The molecule has 0 heterocycles. The fraction of sp³-hybridized carbons (Fsp3) is 0.333. The van der Waals surface area contributed by atoms with Crippen molar-refractivity contribution in [2.24, 2.45) is 0 Å². The van der Waals surface area contributed by atoms with E-state index in [9.17, 15) is 0 Å². The van der Waals surface area contributed by atoms with Crippen molar-refractivity contribution in [3.63, 3.8) is 0 Å². The molecule has 21 heavy (non-hydrogen) atoms. The third-order valence-electron chi connectivity index (χ3n) is 4.03. The number of anilines is 2. The first kappa shape index (κ1) is 13.8. The van der Waals surface area contributed by atoms with Gasteiger partial charge in [0.05, 0.1) is 18.0 Å². The average molecular weight is 282 g/mol. The first-order chi connectivity index (χ1) is 10.3. The van der Waals surface area contributed by atoms with Crippen molar-refractivity contribution in [1.82, 2.24) is 0 Å². The Labute approximate surface area is 126 Å². The highest BCUT2D eigenvalue weighted by Crippen LogP contribution is 2.36. The zero-order valence-corrected chi connectivity index (χ0v) is 12.4. The van der Waals surface area contributed by atoms with Crippen LogP contribution >= 0.6 is 0 Å². The molecule has 1 unspecified atom stereocenters. The van der Waals surface area contributed by atoms with E-state index in [2.05, 4.69) is 36.5 Å². The SMILES string of the molecule is CCCOc1cccc(NCC2Cc3ccccc32)c1N. The summed E-state index contributed by atoms with van der Waals surface area (Å²) in [5.74, 6) is 1.36. The molecule has 0 saturated heterocycles. The smallest absolute Gasteiger partial charge is 0.144 e. The van der Waals surface area contributed by atoms with Gasteiger partial charge < -0.3 is 15.8 Å². The van der Waals surface area contributed by atoms with E-state index in [0.29, 0.717) is 18.2 Å². The Hall–Kier alpha value is -2.16. The van der Waals surface area contributed by atoms with Crippen molar-refractivity contribution in [2.45, 2.75) is 25.7 Å². The van der Waals surface area contributed by atoms with Crippen molar-refractivity contribution >= 4 is 11.4 Å². The van der Waals surface area contributed by atoms with Gasteiger partial charge in [-0.3, -0.25) is 0 Å². The fourth-order valence-electron chi connectivity index (χ4n) is 2.81. The summed E-state index contributed by atoms with van der Waals surface area (Å²) in [6.45, 7) is 3.70. The number of nitrogens with two attached hydrogens (primary N) is 1. The standard InChI is InChI=1S/C18H22N2O/c1-2-10-21-17-9-5-8-16(18(17)19)20-12-14-11-13-6-3-4-7-15(13)14/h3-9,14,20H,2,10-12,19H2,1H3. The molecule has 110 valence electrons. The van der Waals surface area contributed by atoms with Crippen molar-refractivity contribution in [1.29, 1.82) is 0 Å². The van der Waals surface area contributed by atoms with Gasteiger partial charge in [-0.2, -0.15) is 0 Å². The highest BCUT2D eigenvalue weighted by atomic mass is 16.5. The third kappa shape index (κ3) is 2.82. The third-order valence-corrected chi connectivity index (χ3v) is 4.03. The molecule has 3 heteroatoms. The van der Waals surface area contributed by atoms with E-state index in [4.69, 9.17) is 10.5 Å². The lowest BCUT2D eigenvalue weighted by Gasteiger charge is -2.30. The second kappa shape index (κ2) is 6.08. The van der Waals surface area contributed by atoms with E-state index in [1.54, 1.807) is 0 Å². The molecule has 0 radical (unpaired) electrons. The number of hydrogen-bond acceptors (Lipinski definition) is 3. The molecule has 2 aromatic rings. The lowest BCUT2D eigenvalue weighted by molar-refractivity contribution is 0.319. The summed E-state index contributed by atoms with van der Waals surface area (Å²) in [7, 11) is 0. The molecule has 0 amide bonds. The van der Waals surface area contributed by atoms with Gasteiger partial charge in [0.1, 0.15) is 5.75 Å². The molecule has 0 spiro atoms. The van der Waals surface area contributed by atoms with Crippen LogP contribution in [-0.2, 0) is 6.42 Å².